The van der Waals surface area contributed by atoms with E-state index in [2.05, 4.69) is 35.8 Å². The van der Waals surface area contributed by atoms with Crippen molar-refractivity contribution in [2.75, 3.05) is 6.54 Å². The summed E-state index contributed by atoms with van der Waals surface area (Å²) in [5.74, 6) is 1.29. The number of rotatable bonds is 3. The normalized spacial score (nSPS) is 15.0. The lowest BCUT2D eigenvalue weighted by molar-refractivity contribution is 0.234. The third kappa shape index (κ3) is 3.90. The van der Waals surface area contributed by atoms with Gasteiger partial charge in [-0.15, -0.1) is 0 Å². The Labute approximate surface area is 158 Å². The first kappa shape index (κ1) is 17.8. The van der Waals surface area contributed by atoms with E-state index in [0.29, 0.717) is 12.3 Å². The molecular formula is C21H23FN4O. The van der Waals surface area contributed by atoms with Gasteiger partial charge in [0.2, 0.25) is 0 Å². The van der Waals surface area contributed by atoms with Gasteiger partial charge >= 0.3 is 0 Å². The predicted molar refractivity (Wildman–Crippen MR) is 100 cm³/mol. The van der Waals surface area contributed by atoms with Gasteiger partial charge in [-0.05, 0) is 24.3 Å². The van der Waals surface area contributed by atoms with Crippen molar-refractivity contribution in [3.8, 4) is 11.3 Å². The zero-order chi connectivity index (χ0) is 19.0. The summed E-state index contributed by atoms with van der Waals surface area (Å²) >= 11 is 0. The van der Waals surface area contributed by atoms with Crippen LogP contribution in [0.4, 0.5) is 4.39 Å². The summed E-state index contributed by atoms with van der Waals surface area (Å²) in [5.41, 5.74) is 3.98. The van der Waals surface area contributed by atoms with Gasteiger partial charge in [-0.1, -0.05) is 25.9 Å². The fourth-order valence-corrected chi connectivity index (χ4v) is 3.24. The molecule has 5 nitrogen and oxygen atoms in total. The Balaban J connectivity index is 1.45. The molecular weight excluding hydrogens is 343 g/mol. The molecule has 0 spiro atoms. The van der Waals surface area contributed by atoms with E-state index in [9.17, 15) is 4.39 Å². The highest BCUT2D eigenvalue weighted by Gasteiger charge is 2.23. The molecule has 0 unspecified atom stereocenters. The smallest absolute Gasteiger partial charge is 0.167 e. The molecule has 3 aromatic rings. The maximum Gasteiger partial charge on any atom is 0.167 e. The van der Waals surface area contributed by atoms with Crippen LogP contribution >= 0.6 is 0 Å². The highest BCUT2D eigenvalue weighted by atomic mass is 19.1. The van der Waals surface area contributed by atoms with E-state index < -0.39 is 0 Å². The molecule has 27 heavy (non-hydrogen) atoms. The second kappa shape index (κ2) is 6.85. The number of halogens is 1. The van der Waals surface area contributed by atoms with Crippen molar-refractivity contribution in [1.29, 1.82) is 0 Å². The standard InChI is InChI=1S/C21H23FN4O/c1-21(2,3)20-23-11-15-12-26(9-8-18(15)24-20)13-17-10-19(27-25-17)14-4-6-16(22)7-5-14/h4-7,10-11H,8-9,12-13H2,1-3H3. The highest BCUT2D eigenvalue weighted by Crippen LogP contribution is 2.25. The van der Waals surface area contributed by atoms with E-state index in [4.69, 9.17) is 9.51 Å². The number of benzene rings is 1. The molecule has 0 saturated carbocycles. The van der Waals surface area contributed by atoms with Crippen molar-refractivity contribution in [3.63, 3.8) is 0 Å². The van der Waals surface area contributed by atoms with Crippen LogP contribution in [0.3, 0.4) is 0 Å². The third-order valence-electron chi connectivity index (χ3n) is 4.76. The molecule has 1 aliphatic rings. The average Bonchev–Trinajstić information content (AvgIpc) is 3.09. The third-order valence-corrected chi connectivity index (χ3v) is 4.76. The van der Waals surface area contributed by atoms with Gasteiger partial charge in [-0.2, -0.15) is 0 Å². The molecule has 3 heterocycles. The lowest BCUT2D eigenvalue weighted by Crippen LogP contribution is -2.32. The van der Waals surface area contributed by atoms with E-state index in [0.717, 1.165) is 42.3 Å². The van der Waals surface area contributed by atoms with E-state index >= 15 is 0 Å². The molecule has 0 N–H and O–H groups in total. The fourth-order valence-electron chi connectivity index (χ4n) is 3.24. The summed E-state index contributed by atoms with van der Waals surface area (Å²) in [5, 5.41) is 4.17. The summed E-state index contributed by atoms with van der Waals surface area (Å²) in [6.45, 7) is 8.82. The lowest BCUT2D eigenvalue weighted by atomic mass is 9.95. The summed E-state index contributed by atoms with van der Waals surface area (Å²) in [4.78, 5) is 11.6. The van der Waals surface area contributed by atoms with Crippen LogP contribution < -0.4 is 0 Å². The first-order valence-corrected chi connectivity index (χ1v) is 9.18. The van der Waals surface area contributed by atoms with Crippen molar-refractivity contribution in [2.24, 2.45) is 0 Å². The number of hydrogen-bond acceptors (Lipinski definition) is 5. The molecule has 4 rings (SSSR count). The van der Waals surface area contributed by atoms with Crippen LogP contribution in [0.25, 0.3) is 11.3 Å². The van der Waals surface area contributed by atoms with Gasteiger partial charge < -0.3 is 4.52 Å². The highest BCUT2D eigenvalue weighted by molar-refractivity contribution is 5.57. The van der Waals surface area contributed by atoms with Gasteiger partial charge in [0.05, 0.1) is 5.69 Å². The van der Waals surface area contributed by atoms with Crippen molar-refractivity contribution in [1.82, 2.24) is 20.0 Å². The predicted octanol–water partition coefficient (Wildman–Crippen LogP) is 4.13. The molecule has 140 valence electrons. The van der Waals surface area contributed by atoms with Gasteiger partial charge in [-0.3, -0.25) is 4.90 Å². The van der Waals surface area contributed by atoms with Gasteiger partial charge in [0.25, 0.3) is 0 Å². The quantitative estimate of drug-likeness (QED) is 0.698. The fraction of sp³-hybridized carbons (Fsp3) is 0.381. The number of fused-ring (bicyclic) bond motifs is 1. The Kier molecular flexibility index (Phi) is 4.52. The van der Waals surface area contributed by atoms with Crippen LogP contribution in [0.1, 0.15) is 43.5 Å². The zero-order valence-corrected chi connectivity index (χ0v) is 15.9. The zero-order valence-electron chi connectivity index (χ0n) is 15.9. The van der Waals surface area contributed by atoms with E-state index in [-0.39, 0.29) is 11.2 Å². The molecule has 0 radical (unpaired) electrons. The van der Waals surface area contributed by atoms with Crippen LogP contribution in [0.15, 0.2) is 41.1 Å². The Morgan fingerprint density at radius 1 is 1.19 bits per heavy atom. The molecule has 1 aliphatic heterocycles. The second-order valence-corrected chi connectivity index (χ2v) is 8.07. The Morgan fingerprint density at radius 3 is 2.70 bits per heavy atom. The van der Waals surface area contributed by atoms with Crippen molar-refractivity contribution in [3.05, 3.63) is 65.1 Å². The van der Waals surface area contributed by atoms with Gasteiger partial charge in [0, 0.05) is 60.6 Å². The van der Waals surface area contributed by atoms with Crippen LogP contribution in [0.5, 0.6) is 0 Å². The maximum atomic E-state index is 13.1. The van der Waals surface area contributed by atoms with Crippen LogP contribution in [0, 0.1) is 5.82 Å². The van der Waals surface area contributed by atoms with Crippen molar-refractivity contribution < 1.29 is 8.91 Å². The topological polar surface area (TPSA) is 55.1 Å². The summed E-state index contributed by atoms with van der Waals surface area (Å²) in [6.07, 6.45) is 2.87. The number of aromatic nitrogens is 3. The summed E-state index contributed by atoms with van der Waals surface area (Å²) in [6, 6.07) is 8.15. The molecule has 0 bridgehead atoms. The Morgan fingerprint density at radius 2 is 1.96 bits per heavy atom. The number of hydrogen-bond donors (Lipinski definition) is 0. The van der Waals surface area contributed by atoms with Crippen LogP contribution in [-0.4, -0.2) is 26.6 Å². The Hall–Kier alpha value is -2.60. The lowest BCUT2D eigenvalue weighted by Gasteiger charge is -2.28. The van der Waals surface area contributed by atoms with Gasteiger partial charge in [0.1, 0.15) is 11.6 Å². The van der Waals surface area contributed by atoms with Gasteiger partial charge in [0.15, 0.2) is 5.76 Å². The molecule has 0 saturated heterocycles. The SMILES string of the molecule is CC(C)(C)c1ncc2c(n1)CCN(Cc1cc(-c3ccc(F)cc3)on1)C2. The average molecular weight is 366 g/mol. The first-order valence-electron chi connectivity index (χ1n) is 9.18. The monoisotopic (exact) mass is 366 g/mol. The largest absolute Gasteiger partial charge is 0.356 e. The van der Waals surface area contributed by atoms with E-state index in [1.807, 2.05) is 12.3 Å². The van der Waals surface area contributed by atoms with Crippen LogP contribution in [-0.2, 0) is 24.9 Å². The number of nitrogens with zero attached hydrogens (tertiary/aromatic N) is 4. The molecule has 0 fully saturated rings. The molecule has 6 heteroatoms. The Bertz CT molecular complexity index is 944. The molecule has 2 aromatic heterocycles. The first-order chi connectivity index (χ1) is 12.9. The van der Waals surface area contributed by atoms with Crippen molar-refractivity contribution in [2.45, 2.75) is 45.7 Å². The minimum absolute atomic E-state index is 0.0381. The molecule has 0 aliphatic carbocycles. The molecule has 1 aromatic carbocycles. The molecule has 0 amide bonds. The summed E-state index contributed by atoms with van der Waals surface area (Å²) in [7, 11) is 0. The van der Waals surface area contributed by atoms with E-state index in [1.165, 1.54) is 17.7 Å². The van der Waals surface area contributed by atoms with Crippen molar-refractivity contribution >= 4 is 0 Å². The maximum absolute atomic E-state index is 13.1. The molecule has 0 atom stereocenters. The van der Waals surface area contributed by atoms with E-state index in [1.54, 1.807) is 12.1 Å². The minimum atomic E-state index is -0.262. The second-order valence-electron chi connectivity index (χ2n) is 8.07. The van der Waals surface area contributed by atoms with Gasteiger partial charge in [-0.25, -0.2) is 14.4 Å². The van der Waals surface area contributed by atoms with Crippen LogP contribution in [0.2, 0.25) is 0 Å². The summed E-state index contributed by atoms with van der Waals surface area (Å²) < 4.78 is 18.5. The minimum Gasteiger partial charge on any atom is -0.356 e.